The summed E-state index contributed by atoms with van der Waals surface area (Å²) < 4.78 is 0. The summed E-state index contributed by atoms with van der Waals surface area (Å²) in [5.41, 5.74) is 5.90. The number of aliphatic hydroxyl groups is 1. The van der Waals surface area contributed by atoms with Gasteiger partial charge in [0, 0.05) is 17.3 Å². The summed E-state index contributed by atoms with van der Waals surface area (Å²) in [4.78, 5) is 0. The van der Waals surface area contributed by atoms with Gasteiger partial charge in [0.25, 0.3) is 0 Å². The fraction of sp³-hybridized carbons (Fsp3) is 0.294. The zero-order chi connectivity index (χ0) is 11.9. The third kappa shape index (κ3) is 0.733. The number of rotatable bonds is 1. The summed E-state index contributed by atoms with van der Waals surface area (Å²) in [6.07, 6.45) is 0. The number of aliphatic hydroxyl groups excluding tert-OH is 1. The standard InChI is InChI=1S/C17H14O/c18-9-17-13-8-4-3-7-12(13)14-10-5-1-2-6-11(10)15(17)16(14)17/h1-8,14-16,18H,9H2/t14-,15-,16-,17-/m0/s1. The maximum absolute atomic E-state index is 9.96. The van der Waals surface area contributed by atoms with Crippen LogP contribution in [0.4, 0.5) is 0 Å². The van der Waals surface area contributed by atoms with Crippen LogP contribution < -0.4 is 0 Å². The van der Waals surface area contributed by atoms with Crippen molar-refractivity contribution < 1.29 is 5.11 Å². The van der Waals surface area contributed by atoms with Crippen molar-refractivity contribution in [3.8, 4) is 0 Å². The first kappa shape index (κ1) is 9.35. The molecule has 1 nitrogen and oxygen atoms in total. The summed E-state index contributed by atoms with van der Waals surface area (Å²) in [5.74, 6) is 1.73. The van der Waals surface area contributed by atoms with Gasteiger partial charge in [-0.3, -0.25) is 0 Å². The van der Waals surface area contributed by atoms with Gasteiger partial charge in [-0.15, -0.1) is 0 Å². The monoisotopic (exact) mass is 234 g/mol. The van der Waals surface area contributed by atoms with E-state index in [2.05, 4.69) is 48.5 Å². The van der Waals surface area contributed by atoms with Crippen LogP contribution in [-0.4, -0.2) is 11.7 Å². The lowest BCUT2D eigenvalue weighted by atomic mass is 9.91. The van der Waals surface area contributed by atoms with E-state index in [1.807, 2.05) is 0 Å². The second-order valence-electron chi connectivity index (χ2n) is 5.90. The van der Waals surface area contributed by atoms with Crippen molar-refractivity contribution in [2.24, 2.45) is 5.92 Å². The molecule has 0 aromatic heterocycles. The molecule has 0 spiro atoms. The van der Waals surface area contributed by atoms with E-state index in [0.29, 0.717) is 24.4 Å². The minimum absolute atomic E-state index is 0.0512. The molecule has 88 valence electrons. The van der Waals surface area contributed by atoms with Crippen LogP contribution in [-0.2, 0) is 5.41 Å². The van der Waals surface area contributed by atoms with E-state index in [0.717, 1.165) is 0 Å². The van der Waals surface area contributed by atoms with Crippen LogP contribution in [0.1, 0.15) is 34.1 Å². The molecule has 0 radical (unpaired) electrons. The van der Waals surface area contributed by atoms with E-state index < -0.39 is 0 Å². The predicted octanol–water partition coefficient (Wildman–Crippen LogP) is 2.79. The van der Waals surface area contributed by atoms with Gasteiger partial charge in [-0.25, -0.2) is 0 Å². The fourth-order valence-electron chi connectivity index (χ4n) is 4.89. The number of benzene rings is 2. The van der Waals surface area contributed by atoms with Crippen LogP contribution in [0.15, 0.2) is 48.5 Å². The molecule has 1 heteroatoms. The average Bonchev–Trinajstić information content (AvgIpc) is 2.87. The highest BCUT2D eigenvalue weighted by Crippen LogP contribution is 2.80. The molecule has 2 aromatic rings. The zero-order valence-corrected chi connectivity index (χ0v) is 10.0. The molecule has 3 aliphatic rings. The molecule has 1 saturated carbocycles. The van der Waals surface area contributed by atoms with Crippen LogP contribution >= 0.6 is 0 Å². The Balaban J connectivity index is 1.86. The highest BCUT2D eigenvalue weighted by Gasteiger charge is 2.76. The maximum atomic E-state index is 9.96. The normalized spacial score (nSPS) is 37.1. The van der Waals surface area contributed by atoms with Gasteiger partial charge in [0.2, 0.25) is 0 Å². The van der Waals surface area contributed by atoms with Crippen molar-refractivity contribution in [1.29, 1.82) is 0 Å². The van der Waals surface area contributed by atoms with Crippen LogP contribution in [0.2, 0.25) is 0 Å². The molecule has 0 unspecified atom stereocenters. The summed E-state index contributed by atoms with van der Waals surface area (Å²) in [5, 5.41) is 9.96. The van der Waals surface area contributed by atoms with Crippen molar-refractivity contribution in [2.45, 2.75) is 17.3 Å². The van der Waals surface area contributed by atoms with Gasteiger partial charge >= 0.3 is 0 Å². The van der Waals surface area contributed by atoms with Crippen molar-refractivity contribution in [3.05, 3.63) is 70.8 Å². The lowest BCUT2D eigenvalue weighted by Crippen LogP contribution is -2.16. The van der Waals surface area contributed by atoms with Gasteiger partial charge in [-0.2, -0.15) is 0 Å². The Kier molecular flexibility index (Phi) is 1.40. The maximum Gasteiger partial charge on any atom is 0.0537 e. The Labute approximate surface area is 106 Å². The van der Waals surface area contributed by atoms with E-state index in [1.165, 1.54) is 22.3 Å². The van der Waals surface area contributed by atoms with Crippen LogP contribution in [0, 0.1) is 5.92 Å². The minimum Gasteiger partial charge on any atom is -0.395 e. The highest BCUT2D eigenvalue weighted by atomic mass is 16.3. The fourth-order valence-corrected chi connectivity index (χ4v) is 4.89. The van der Waals surface area contributed by atoms with Gasteiger partial charge < -0.3 is 5.11 Å². The predicted molar refractivity (Wildman–Crippen MR) is 69.7 cm³/mol. The Morgan fingerprint density at radius 3 is 2.33 bits per heavy atom. The lowest BCUT2D eigenvalue weighted by Gasteiger charge is -2.14. The smallest absolute Gasteiger partial charge is 0.0537 e. The molecule has 0 saturated heterocycles. The molecule has 4 atom stereocenters. The van der Waals surface area contributed by atoms with E-state index in [9.17, 15) is 5.11 Å². The summed E-state index contributed by atoms with van der Waals surface area (Å²) in [6, 6.07) is 17.5. The molecule has 0 bridgehead atoms. The lowest BCUT2D eigenvalue weighted by molar-refractivity contribution is 0.245. The van der Waals surface area contributed by atoms with Crippen LogP contribution in [0.5, 0.6) is 0 Å². The molecule has 2 aromatic carbocycles. The van der Waals surface area contributed by atoms with Gasteiger partial charge in [-0.05, 0) is 28.2 Å². The van der Waals surface area contributed by atoms with Crippen molar-refractivity contribution in [1.82, 2.24) is 0 Å². The summed E-state index contributed by atoms with van der Waals surface area (Å²) in [7, 11) is 0. The molecule has 1 N–H and O–H groups in total. The Morgan fingerprint density at radius 2 is 1.56 bits per heavy atom. The molecule has 3 aliphatic carbocycles. The minimum atomic E-state index is 0.0512. The van der Waals surface area contributed by atoms with Gasteiger partial charge in [-0.1, -0.05) is 48.5 Å². The summed E-state index contributed by atoms with van der Waals surface area (Å²) >= 11 is 0. The molecule has 1 fully saturated rings. The third-order valence-corrected chi connectivity index (χ3v) is 5.48. The molecular weight excluding hydrogens is 220 g/mol. The number of hydrogen-bond donors (Lipinski definition) is 1. The van der Waals surface area contributed by atoms with Crippen LogP contribution in [0.3, 0.4) is 0 Å². The largest absolute Gasteiger partial charge is 0.395 e. The van der Waals surface area contributed by atoms with Gasteiger partial charge in [0.05, 0.1) is 6.61 Å². The Morgan fingerprint density at radius 1 is 0.889 bits per heavy atom. The average molecular weight is 234 g/mol. The van der Waals surface area contributed by atoms with E-state index in [-0.39, 0.29) is 5.41 Å². The first-order valence-corrected chi connectivity index (χ1v) is 6.68. The number of fused-ring (bicyclic) bond motifs is 7. The quantitative estimate of drug-likeness (QED) is 0.804. The highest BCUT2D eigenvalue weighted by molar-refractivity contribution is 5.67. The van der Waals surface area contributed by atoms with Gasteiger partial charge in [0.1, 0.15) is 0 Å². The zero-order valence-electron chi connectivity index (χ0n) is 10.0. The third-order valence-electron chi connectivity index (χ3n) is 5.48. The van der Waals surface area contributed by atoms with E-state index in [4.69, 9.17) is 0 Å². The molecule has 5 rings (SSSR count). The van der Waals surface area contributed by atoms with E-state index >= 15 is 0 Å². The van der Waals surface area contributed by atoms with Crippen LogP contribution in [0.25, 0.3) is 0 Å². The van der Waals surface area contributed by atoms with Gasteiger partial charge in [0.15, 0.2) is 0 Å². The molecule has 0 aliphatic heterocycles. The SMILES string of the molecule is OC[C@]12c3ccccc3[C@@H]3c4ccccc4[C@H]1[C@H]32. The topological polar surface area (TPSA) is 20.2 Å². The second-order valence-corrected chi connectivity index (χ2v) is 5.90. The summed E-state index contributed by atoms with van der Waals surface area (Å²) in [6.45, 7) is 0.296. The second kappa shape index (κ2) is 2.70. The van der Waals surface area contributed by atoms with Crippen molar-refractivity contribution in [2.75, 3.05) is 6.61 Å². The Hall–Kier alpha value is -1.60. The molecular formula is C17H14O. The first-order valence-electron chi connectivity index (χ1n) is 6.68. The Bertz CT molecular complexity index is 675. The number of hydrogen-bond acceptors (Lipinski definition) is 1. The molecule has 18 heavy (non-hydrogen) atoms. The van der Waals surface area contributed by atoms with E-state index in [1.54, 1.807) is 0 Å². The van der Waals surface area contributed by atoms with Crippen molar-refractivity contribution >= 4 is 0 Å². The first-order chi connectivity index (χ1) is 8.89. The molecule has 0 amide bonds. The van der Waals surface area contributed by atoms with Crippen molar-refractivity contribution in [3.63, 3.8) is 0 Å². The molecule has 0 heterocycles.